The van der Waals surface area contributed by atoms with Crippen LogP contribution in [0, 0.1) is 5.92 Å². The quantitative estimate of drug-likeness (QED) is 0.505. The van der Waals surface area contributed by atoms with E-state index in [9.17, 15) is 4.79 Å². The maximum absolute atomic E-state index is 10.7. The lowest BCUT2D eigenvalue weighted by molar-refractivity contribution is -0.120. The van der Waals surface area contributed by atoms with Crippen LogP contribution >= 0.6 is 0 Å². The third kappa shape index (κ3) is 10.7. The van der Waals surface area contributed by atoms with Crippen molar-refractivity contribution in [3.8, 4) is 0 Å². The molecule has 0 spiro atoms. The summed E-state index contributed by atoms with van der Waals surface area (Å²) in [6.45, 7) is 6.68. The van der Waals surface area contributed by atoms with Crippen molar-refractivity contribution in [1.29, 1.82) is 0 Å². The normalized spacial score (nSPS) is 11.4. The van der Waals surface area contributed by atoms with E-state index in [2.05, 4.69) is 11.1 Å². The van der Waals surface area contributed by atoms with Gasteiger partial charge in [-0.15, -0.1) is 0 Å². The van der Waals surface area contributed by atoms with Crippen LogP contribution in [0.4, 0.5) is 4.79 Å². The first kappa shape index (κ1) is 15.2. The lowest BCUT2D eigenvalue weighted by Crippen LogP contribution is -2.44. The summed E-state index contributed by atoms with van der Waals surface area (Å²) in [6, 6.07) is -0.176. The Morgan fingerprint density at radius 1 is 1.36 bits per heavy atom. The molecular weight excluding hydrogens is 186 g/mol. The third-order valence-electron chi connectivity index (χ3n) is 1.40. The van der Waals surface area contributed by atoms with Gasteiger partial charge in [-0.25, -0.2) is 4.79 Å². The van der Waals surface area contributed by atoms with Crippen LogP contribution in [0.15, 0.2) is 0 Å². The summed E-state index contributed by atoms with van der Waals surface area (Å²) < 4.78 is 0. The summed E-state index contributed by atoms with van der Waals surface area (Å²) in [4.78, 5) is 19.5. The molecule has 6 N–H and O–H groups in total. The van der Waals surface area contributed by atoms with Crippen molar-refractivity contribution in [3.05, 3.63) is 0 Å². The molecule has 0 aliphatic carbocycles. The molecule has 6 nitrogen and oxygen atoms in total. The first-order valence-electron chi connectivity index (χ1n) is 4.34. The zero-order valence-electron chi connectivity index (χ0n) is 8.78. The minimum atomic E-state index is -1.33. The van der Waals surface area contributed by atoms with E-state index in [1.807, 2.05) is 20.8 Å². The fourth-order valence-electron chi connectivity index (χ4n) is 0.885. The van der Waals surface area contributed by atoms with E-state index in [-0.39, 0.29) is 17.9 Å². The second-order valence-corrected chi connectivity index (χ2v) is 3.02. The van der Waals surface area contributed by atoms with Crippen molar-refractivity contribution in [1.82, 2.24) is 5.32 Å². The van der Waals surface area contributed by atoms with Gasteiger partial charge in [0.05, 0.1) is 6.04 Å². The summed E-state index contributed by atoms with van der Waals surface area (Å²) in [5, 5.41) is 10.2. The maximum atomic E-state index is 10.7. The van der Waals surface area contributed by atoms with Gasteiger partial charge in [-0.05, 0) is 12.5 Å². The van der Waals surface area contributed by atoms with Crippen LogP contribution in [-0.2, 0) is 4.79 Å². The Hall–Kier alpha value is -1.30. The molecule has 0 aromatic rings. The van der Waals surface area contributed by atoms with Crippen molar-refractivity contribution >= 4 is 12.0 Å². The second-order valence-electron chi connectivity index (χ2n) is 3.02. The molecule has 0 fully saturated rings. The zero-order chi connectivity index (χ0) is 11.7. The number of carbonyl (C=O) groups excluding carboxylic acids is 1. The van der Waals surface area contributed by atoms with Gasteiger partial charge in [0.1, 0.15) is 0 Å². The van der Waals surface area contributed by atoms with E-state index in [1.54, 1.807) is 0 Å². The minimum Gasteiger partial charge on any atom is -0.465 e. The molecule has 84 valence electrons. The Balaban J connectivity index is 0. The number of hydrogen-bond donors (Lipinski definition) is 4. The van der Waals surface area contributed by atoms with Crippen LogP contribution in [0.3, 0.4) is 0 Å². The summed E-state index contributed by atoms with van der Waals surface area (Å²) in [6.07, 6.45) is -1.33. The van der Waals surface area contributed by atoms with Crippen LogP contribution in [0.25, 0.3) is 0 Å². The highest BCUT2D eigenvalue weighted by Crippen LogP contribution is 1.99. The molecule has 0 aliphatic heterocycles. The Kier molecular flexibility index (Phi) is 9.01. The van der Waals surface area contributed by atoms with Gasteiger partial charge in [0, 0.05) is 0 Å². The summed E-state index contributed by atoms with van der Waals surface area (Å²) in [5.41, 5.74) is 9.15. The lowest BCUT2D eigenvalue weighted by Gasteiger charge is -2.17. The van der Waals surface area contributed by atoms with E-state index < -0.39 is 6.09 Å². The number of nitrogens with two attached hydrogens (primary N) is 2. The molecule has 6 heteroatoms. The molecule has 0 saturated carbocycles. The number of likely N-dealkylation sites (N-methyl/N-ethyl adjacent to an activating group) is 1. The van der Waals surface area contributed by atoms with Crippen molar-refractivity contribution in [2.45, 2.75) is 26.8 Å². The highest BCUT2D eigenvalue weighted by molar-refractivity contribution is 5.80. The van der Waals surface area contributed by atoms with Gasteiger partial charge >= 0.3 is 6.09 Å². The SMILES string of the molecule is CCNC(C(N)=O)C(C)C.NC(=O)O. The smallest absolute Gasteiger partial charge is 0.402 e. The second kappa shape index (κ2) is 8.31. The van der Waals surface area contributed by atoms with Crippen molar-refractivity contribution in [3.63, 3.8) is 0 Å². The fourth-order valence-corrected chi connectivity index (χ4v) is 0.885. The van der Waals surface area contributed by atoms with Gasteiger partial charge in [-0.3, -0.25) is 4.79 Å². The van der Waals surface area contributed by atoms with Crippen molar-refractivity contribution < 1.29 is 14.7 Å². The highest BCUT2D eigenvalue weighted by Gasteiger charge is 2.16. The van der Waals surface area contributed by atoms with Gasteiger partial charge in [-0.1, -0.05) is 20.8 Å². The van der Waals surface area contributed by atoms with Gasteiger partial charge in [0.15, 0.2) is 0 Å². The van der Waals surface area contributed by atoms with Crippen molar-refractivity contribution in [2.24, 2.45) is 17.4 Å². The standard InChI is InChI=1S/C7H16N2O.CH3NO2/c1-4-9-6(5(2)3)7(8)10;2-1(3)4/h5-6,9H,4H2,1-3H3,(H2,8,10);2H2,(H,3,4). The lowest BCUT2D eigenvalue weighted by atomic mass is 10.0. The average Bonchev–Trinajstić information content (AvgIpc) is 1.97. The largest absolute Gasteiger partial charge is 0.465 e. The number of carbonyl (C=O) groups is 2. The number of hydrogen-bond acceptors (Lipinski definition) is 3. The van der Waals surface area contributed by atoms with Gasteiger partial charge in [0.25, 0.3) is 0 Å². The summed E-state index contributed by atoms with van der Waals surface area (Å²) in [7, 11) is 0. The van der Waals surface area contributed by atoms with Crippen LogP contribution in [0.1, 0.15) is 20.8 Å². The fraction of sp³-hybridized carbons (Fsp3) is 0.750. The van der Waals surface area contributed by atoms with E-state index >= 15 is 0 Å². The Bertz CT molecular complexity index is 179. The van der Waals surface area contributed by atoms with Crippen LogP contribution in [0.2, 0.25) is 0 Å². The van der Waals surface area contributed by atoms with Crippen LogP contribution in [-0.4, -0.2) is 29.7 Å². The zero-order valence-corrected chi connectivity index (χ0v) is 8.78. The highest BCUT2D eigenvalue weighted by atomic mass is 16.4. The Morgan fingerprint density at radius 3 is 1.79 bits per heavy atom. The first-order valence-corrected chi connectivity index (χ1v) is 4.34. The molecular formula is C8H19N3O3. The number of nitrogens with one attached hydrogen (secondary N) is 1. The Morgan fingerprint density at radius 2 is 1.71 bits per heavy atom. The number of rotatable bonds is 4. The van der Waals surface area contributed by atoms with Gasteiger partial charge in [-0.2, -0.15) is 0 Å². The predicted octanol–water partition coefficient (Wildman–Crippen LogP) is -0.271. The van der Waals surface area contributed by atoms with E-state index in [4.69, 9.17) is 15.6 Å². The molecule has 1 unspecified atom stereocenters. The van der Waals surface area contributed by atoms with E-state index in [1.165, 1.54) is 0 Å². The number of carboxylic acid groups (broad SMARTS) is 1. The third-order valence-corrected chi connectivity index (χ3v) is 1.40. The predicted molar refractivity (Wildman–Crippen MR) is 53.7 cm³/mol. The monoisotopic (exact) mass is 205 g/mol. The molecule has 14 heavy (non-hydrogen) atoms. The number of primary amides is 2. The molecule has 0 radical (unpaired) electrons. The minimum absolute atomic E-state index is 0.176. The molecule has 1 atom stereocenters. The summed E-state index contributed by atoms with van der Waals surface area (Å²) in [5.74, 6) is 0.00861. The topological polar surface area (TPSA) is 118 Å². The summed E-state index contributed by atoms with van der Waals surface area (Å²) >= 11 is 0. The number of amides is 2. The molecule has 0 saturated heterocycles. The van der Waals surface area contributed by atoms with Crippen LogP contribution < -0.4 is 16.8 Å². The molecule has 0 rings (SSSR count). The molecule has 0 bridgehead atoms. The molecule has 0 aromatic carbocycles. The molecule has 0 aromatic heterocycles. The maximum Gasteiger partial charge on any atom is 0.402 e. The first-order chi connectivity index (χ1) is 6.32. The van der Waals surface area contributed by atoms with E-state index in [0.29, 0.717) is 0 Å². The molecule has 0 aliphatic rings. The average molecular weight is 205 g/mol. The Labute approximate surface area is 83.6 Å². The van der Waals surface area contributed by atoms with Crippen molar-refractivity contribution in [2.75, 3.05) is 6.54 Å². The van der Waals surface area contributed by atoms with Gasteiger partial charge in [0.2, 0.25) is 5.91 Å². The molecule has 2 amide bonds. The van der Waals surface area contributed by atoms with Crippen LogP contribution in [0.5, 0.6) is 0 Å². The van der Waals surface area contributed by atoms with Gasteiger partial charge < -0.3 is 21.9 Å². The molecule has 0 heterocycles. The van der Waals surface area contributed by atoms with E-state index in [0.717, 1.165) is 6.54 Å².